The van der Waals surface area contributed by atoms with Crippen molar-refractivity contribution in [1.82, 2.24) is 0 Å². The number of carbonyl (C=O) groups is 2. The van der Waals surface area contributed by atoms with Gasteiger partial charge in [-0.05, 0) is 57.2 Å². The van der Waals surface area contributed by atoms with E-state index in [1.165, 1.54) is 11.0 Å². The van der Waals surface area contributed by atoms with Crippen LogP contribution in [0.4, 0.5) is 11.4 Å². The summed E-state index contributed by atoms with van der Waals surface area (Å²) in [5.41, 5.74) is 2.11. The number of rotatable bonds is 5. The monoisotopic (exact) mass is 478 g/mol. The van der Waals surface area contributed by atoms with Gasteiger partial charge < -0.3 is 14.1 Å². The molecule has 34 heavy (non-hydrogen) atoms. The highest BCUT2D eigenvalue weighted by Crippen LogP contribution is 2.40. The van der Waals surface area contributed by atoms with Gasteiger partial charge in [0.05, 0.1) is 16.7 Å². The number of fused-ring (bicyclic) bond motifs is 1. The molecule has 5 rings (SSSR count). The number of aryl methyl sites for hydroxylation is 1. The summed E-state index contributed by atoms with van der Waals surface area (Å²) in [6, 6.07) is 12.9. The Morgan fingerprint density at radius 1 is 1.09 bits per heavy atom. The van der Waals surface area contributed by atoms with E-state index in [1.807, 2.05) is 0 Å². The molecule has 0 aliphatic carbocycles. The normalized spacial score (nSPS) is 13.3. The number of nitrogens with zero attached hydrogens (tertiary/aromatic N) is 1. The maximum Gasteiger partial charge on any atom is 0.342 e. The number of hydrogen-bond acceptors (Lipinski definition) is 6. The molecule has 1 amide bonds. The average molecular weight is 479 g/mol. The molecule has 0 saturated heterocycles. The van der Waals surface area contributed by atoms with Crippen molar-refractivity contribution in [3.05, 3.63) is 65.4 Å². The van der Waals surface area contributed by atoms with Gasteiger partial charge >= 0.3 is 5.97 Å². The fraction of sp³-hybridized carbons (Fsp3) is 0.200. The maximum absolute atomic E-state index is 13.4. The van der Waals surface area contributed by atoms with E-state index < -0.39 is 16.0 Å². The van der Waals surface area contributed by atoms with E-state index in [4.69, 9.17) is 9.15 Å². The van der Waals surface area contributed by atoms with Crippen LogP contribution in [-0.4, -0.2) is 33.4 Å². The van der Waals surface area contributed by atoms with Crippen molar-refractivity contribution in [2.45, 2.75) is 31.8 Å². The third kappa shape index (κ3) is 3.31. The Morgan fingerprint density at radius 3 is 2.59 bits per heavy atom. The molecule has 1 aliphatic rings. The molecule has 1 aromatic heterocycles. The van der Waals surface area contributed by atoms with Crippen LogP contribution in [0.3, 0.4) is 0 Å². The Morgan fingerprint density at radius 2 is 1.85 bits per heavy atom. The Labute approximate surface area is 196 Å². The van der Waals surface area contributed by atoms with Crippen molar-refractivity contribution >= 4 is 55.0 Å². The lowest BCUT2D eigenvalue weighted by Gasteiger charge is -2.13. The van der Waals surface area contributed by atoms with Gasteiger partial charge in [-0.2, -0.15) is 0 Å². The van der Waals surface area contributed by atoms with E-state index in [2.05, 4.69) is 4.72 Å². The molecule has 0 atom stereocenters. The summed E-state index contributed by atoms with van der Waals surface area (Å²) in [5.74, 6) is -0.320. The molecule has 3 aromatic carbocycles. The second-order valence-electron chi connectivity index (χ2n) is 8.48. The van der Waals surface area contributed by atoms with E-state index in [-0.39, 0.29) is 28.2 Å². The molecule has 1 aliphatic heterocycles. The highest BCUT2D eigenvalue weighted by molar-refractivity contribution is 7.93. The second kappa shape index (κ2) is 7.59. The van der Waals surface area contributed by atoms with Crippen LogP contribution in [0.5, 0.6) is 0 Å². The maximum atomic E-state index is 13.4. The van der Waals surface area contributed by atoms with Gasteiger partial charge in [0, 0.05) is 34.5 Å². The van der Waals surface area contributed by atoms with Crippen molar-refractivity contribution in [3.63, 3.8) is 0 Å². The van der Waals surface area contributed by atoms with E-state index in [0.717, 1.165) is 0 Å². The van der Waals surface area contributed by atoms with Crippen molar-refractivity contribution in [3.8, 4) is 0 Å². The first-order valence-electron chi connectivity index (χ1n) is 10.7. The minimum absolute atomic E-state index is 0.0547. The van der Waals surface area contributed by atoms with Crippen LogP contribution in [0.15, 0.2) is 57.8 Å². The predicted molar refractivity (Wildman–Crippen MR) is 129 cm³/mol. The molecule has 0 radical (unpaired) electrons. The zero-order valence-corrected chi connectivity index (χ0v) is 19.8. The van der Waals surface area contributed by atoms with Gasteiger partial charge in [-0.15, -0.1) is 0 Å². The lowest BCUT2D eigenvalue weighted by atomic mass is 10.1. The van der Waals surface area contributed by atoms with Gasteiger partial charge in [0.15, 0.2) is 0 Å². The van der Waals surface area contributed by atoms with Gasteiger partial charge in [-0.3, -0.25) is 9.52 Å². The number of hydrogen-bond donors (Lipinski definition) is 1. The third-order valence-corrected chi connectivity index (χ3v) is 7.27. The van der Waals surface area contributed by atoms with E-state index in [1.54, 1.807) is 70.3 Å². The topological polar surface area (TPSA) is 106 Å². The number of ether oxygens (including phenoxy) is 1. The van der Waals surface area contributed by atoms with Crippen LogP contribution < -0.4 is 9.62 Å². The quantitative estimate of drug-likeness (QED) is 0.411. The SMILES string of the molecule is Cc1oc2ccc(NS(=O)(=O)c3ccc4c5c(cccc35)C(=O)N4C)cc2c1C(=O)OC(C)C. The van der Waals surface area contributed by atoms with E-state index in [0.29, 0.717) is 38.8 Å². The summed E-state index contributed by atoms with van der Waals surface area (Å²) < 4.78 is 40.4. The number of carbonyl (C=O) groups excluding carboxylic acids is 2. The lowest BCUT2D eigenvalue weighted by Crippen LogP contribution is -2.20. The first kappa shape index (κ1) is 22.0. The Balaban J connectivity index is 1.58. The minimum Gasteiger partial charge on any atom is -0.460 e. The highest BCUT2D eigenvalue weighted by atomic mass is 32.2. The lowest BCUT2D eigenvalue weighted by molar-refractivity contribution is 0.0378. The van der Waals surface area contributed by atoms with Crippen LogP contribution in [0.1, 0.15) is 40.3 Å². The molecular weight excluding hydrogens is 456 g/mol. The van der Waals surface area contributed by atoms with Crippen LogP contribution in [0, 0.1) is 6.92 Å². The Kier molecular flexibility index (Phi) is 4.91. The molecule has 174 valence electrons. The molecular formula is C25H22N2O6S. The molecule has 0 unspecified atom stereocenters. The molecule has 2 heterocycles. The smallest absolute Gasteiger partial charge is 0.342 e. The number of amides is 1. The number of nitrogens with one attached hydrogen (secondary N) is 1. The zero-order valence-electron chi connectivity index (χ0n) is 19.0. The fourth-order valence-corrected chi connectivity index (χ4v) is 5.62. The van der Waals surface area contributed by atoms with Crippen LogP contribution in [-0.2, 0) is 14.8 Å². The number of sulfonamides is 1. The molecule has 9 heteroatoms. The van der Waals surface area contributed by atoms with Crippen LogP contribution >= 0.6 is 0 Å². The van der Waals surface area contributed by atoms with Gasteiger partial charge in [-0.1, -0.05) is 12.1 Å². The third-order valence-electron chi connectivity index (χ3n) is 5.83. The highest BCUT2D eigenvalue weighted by Gasteiger charge is 2.30. The largest absolute Gasteiger partial charge is 0.460 e. The van der Waals surface area contributed by atoms with Gasteiger partial charge in [0.2, 0.25) is 0 Å². The van der Waals surface area contributed by atoms with Crippen molar-refractivity contribution in [2.24, 2.45) is 0 Å². The molecule has 4 aromatic rings. The molecule has 0 saturated carbocycles. The van der Waals surface area contributed by atoms with Gasteiger partial charge in [-0.25, -0.2) is 13.2 Å². The number of esters is 1. The van der Waals surface area contributed by atoms with Crippen molar-refractivity contribution < 1.29 is 27.2 Å². The van der Waals surface area contributed by atoms with E-state index >= 15 is 0 Å². The molecule has 0 fully saturated rings. The molecule has 0 spiro atoms. The van der Waals surface area contributed by atoms with E-state index in [9.17, 15) is 18.0 Å². The summed E-state index contributed by atoms with van der Waals surface area (Å²) in [5, 5.41) is 1.52. The standard InChI is InChI=1S/C25H22N2O6S/c1-13(2)32-25(29)22-14(3)33-20-10-8-15(12-18(20)22)26-34(30,31)21-11-9-19-23-16(21)6-5-7-17(23)24(28)27(19)4/h5-13,26H,1-4H3. The van der Waals surface area contributed by atoms with Gasteiger partial charge in [0.25, 0.3) is 15.9 Å². The summed E-state index contributed by atoms with van der Waals surface area (Å²) in [6.45, 7) is 5.16. The van der Waals surface area contributed by atoms with Gasteiger partial charge in [0.1, 0.15) is 16.9 Å². The zero-order chi connectivity index (χ0) is 24.4. The Bertz CT molecular complexity index is 1620. The van der Waals surface area contributed by atoms with Crippen molar-refractivity contribution in [2.75, 3.05) is 16.7 Å². The average Bonchev–Trinajstić information content (AvgIpc) is 3.22. The van der Waals surface area contributed by atoms with Crippen molar-refractivity contribution in [1.29, 1.82) is 0 Å². The summed E-state index contributed by atoms with van der Waals surface area (Å²) in [6.07, 6.45) is -0.312. The summed E-state index contributed by atoms with van der Waals surface area (Å²) >= 11 is 0. The number of furan rings is 1. The fourth-order valence-electron chi connectivity index (χ4n) is 4.36. The summed E-state index contributed by atoms with van der Waals surface area (Å²) in [4.78, 5) is 26.7. The summed E-state index contributed by atoms with van der Waals surface area (Å²) in [7, 11) is -2.36. The van der Waals surface area contributed by atoms with Crippen LogP contribution in [0.2, 0.25) is 0 Å². The first-order chi connectivity index (χ1) is 16.1. The Hall–Kier alpha value is -3.85. The molecule has 1 N–H and O–H groups in total. The number of anilines is 2. The molecule has 0 bridgehead atoms. The number of benzene rings is 3. The van der Waals surface area contributed by atoms with Crippen LogP contribution in [0.25, 0.3) is 21.7 Å². The predicted octanol–water partition coefficient (Wildman–Crippen LogP) is 4.85. The second-order valence-corrected chi connectivity index (χ2v) is 10.1. The first-order valence-corrected chi connectivity index (χ1v) is 12.2. The minimum atomic E-state index is -4.02. The molecule has 8 nitrogen and oxygen atoms in total.